The van der Waals surface area contributed by atoms with Crippen LogP contribution < -0.4 is 10.6 Å². The summed E-state index contributed by atoms with van der Waals surface area (Å²) in [6, 6.07) is 32.2. The Balaban J connectivity index is 0.830. The number of rotatable bonds is 11. The lowest BCUT2D eigenvalue weighted by molar-refractivity contribution is -0.140. The highest BCUT2D eigenvalue weighted by Crippen LogP contribution is 2.36. The Morgan fingerprint density at radius 1 is 0.646 bits per heavy atom. The van der Waals surface area contributed by atoms with Crippen molar-refractivity contribution in [2.75, 3.05) is 26.8 Å². The molecule has 4 N–H and O–H groups in total. The van der Waals surface area contributed by atoms with Crippen molar-refractivity contribution >= 4 is 23.8 Å². The summed E-state index contributed by atoms with van der Waals surface area (Å²) in [5.41, 5.74) is 6.65. The van der Waals surface area contributed by atoms with Gasteiger partial charge in [-0.15, -0.1) is 0 Å². The van der Waals surface area contributed by atoms with E-state index in [0.717, 1.165) is 71.3 Å². The zero-order valence-corrected chi connectivity index (χ0v) is 36.0. The molecule has 330 valence electrons. The van der Waals surface area contributed by atoms with Crippen molar-refractivity contribution < 1.29 is 28.7 Å². The minimum absolute atomic E-state index is 0.164. The molecule has 65 heavy (non-hydrogen) atoms. The molecule has 0 unspecified atom stereocenters. The summed E-state index contributed by atoms with van der Waals surface area (Å²) in [7, 11) is 1.28. The molecule has 0 aliphatic carbocycles. The molecule has 14 heteroatoms. The van der Waals surface area contributed by atoms with E-state index in [1.54, 1.807) is 17.3 Å². The predicted octanol–water partition coefficient (Wildman–Crippen LogP) is 7.33. The molecule has 3 aliphatic heterocycles. The van der Waals surface area contributed by atoms with E-state index < -0.39 is 24.3 Å². The van der Waals surface area contributed by atoms with Crippen molar-refractivity contribution in [3.8, 4) is 34.4 Å². The number of nitrogens with one attached hydrogen (secondary N) is 4. The lowest BCUT2D eigenvalue weighted by Gasteiger charge is -2.29. The predicted molar refractivity (Wildman–Crippen MR) is 242 cm³/mol. The van der Waals surface area contributed by atoms with E-state index in [2.05, 4.69) is 37.4 Å². The van der Waals surface area contributed by atoms with Gasteiger partial charge in [-0.25, -0.2) is 14.8 Å². The number of carbonyl (C=O) groups is 4. The molecule has 0 spiro atoms. The molecular weight excluding hydrogens is 821 g/mol. The number of alkyl carbamates (subject to hydrolysis) is 1. The van der Waals surface area contributed by atoms with Crippen molar-refractivity contribution in [1.82, 2.24) is 40.4 Å². The number of benzene rings is 4. The SMILES string of the molecule is COC(=O)N[C@@H](C(=O)N1CCC[C@H]1c1ncc(-c2ccc(C#Cc3ccc(-c4cnc([C@@H]5CCCN5C(=O)[C@H](NC(=O)[C@H]5CCCO5)c5ccccc5)[nH]4)cc3)cc2)[nH]1)c1ccccc1. The molecular formula is C51H50N8O6. The number of imidazole rings is 2. The molecule has 4 amide bonds. The summed E-state index contributed by atoms with van der Waals surface area (Å²) < 4.78 is 10.4. The van der Waals surface area contributed by atoms with Gasteiger partial charge in [-0.1, -0.05) is 96.8 Å². The van der Waals surface area contributed by atoms with Gasteiger partial charge in [-0.3, -0.25) is 14.4 Å². The molecule has 0 saturated carbocycles. The van der Waals surface area contributed by atoms with Gasteiger partial charge >= 0.3 is 6.09 Å². The van der Waals surface area contributed by atoms with Gasteiger partial charge < -0.3 is 39.9 Å². The first kappa shape index (κ1) is 42.8. The lowest BCUT2D eigenvalue weighted by atomic mass is 10.0. The average Bonchev–Trinajstić information content (AvgIpc) is 4.22. The number of carbonyl (C=O) groups excluding carboxylic acids is 4. The van der Waals surface area contributed by atoms with E-state index in [1.807, 2.05) is 114 Å². The van der Waals surface area contributed by atoms with Crippen LogP contribution in [0.5, 0.6) is 0 Å². The number of aromatic nitrogens is 4. The van der Waals surface area contributed by atoms with Gasteiger partial charge in [0.25, 0.3) is 5.91 Å². The quantitative estimate of drug-likeness (QED) is 0.0980. The monoisotopic (exact) mass is 870 g/mol. The smallest absolute Gasteiger partial charge is 0.407 e. The van der Waals surface area contributed by atoms with E-state index in [9.17, 15) is 19.2 Å². The number of H-pyrrole nitrogens is 2. The maximum atomic E-state index is 14.2. The van der Waals surface area contributed by atoms with Crippen LogP contribution in [0.3, 0.4) is 0 Å². The maximum Gasteiger partial charge on any atom is 0.407 e. The zero-order valence-electron chi connectivity index (χ0n) is 36.0. The Bertz CT molecular complexity index is 2680. The third-order valence-electron chi connectivity index (χ3n) is 12.4. The fraction of sp³-hybridized carbons (Fsp3) is 0.294. The van der Waals surface area contributed by atoms with Gasteiger partial charge in [0.1, 0.15) is 29.8 Å². The van der Waals surface area contributed by atoms with E-state index in [1.165, 1.54) is 7.11 Å². The maximum absolute atomic E-state index is 14.2. The highest BCUT2D eigenvalue weighted by atomic mass is 16.5. The number of hydrogen-bond donors (Lipinski definition) is 4. The third kappa shape index (κ3) is 9.56. The van der Waals surface area contributed by atoms with Gasteiger partial charge in [0, 0.05) is 30.8 Å². The highest BCUT2D eigenvalue weighted by Gasteiger charge is 2.39. The number of hydrogen-bond acceptors (Lipinski definition) is 8. The van der Waals surface area contributed by atoms with Crippen LogP contribution in [0.1, 0.15) is 96.6 Å². The van der Waals surface area contributed by atoms with Gasteiger partial charge in [-0.05, 0) is 85.0 Å². The Kier molecular flexibility index (Phi) is 12.8. The minimum atomic E-state index is -0.886. The van der Waals surface area contributed by atoms with Crippen LogP contribution >= 0.6 is 0 Å². The number of ether oxygens (including phenoxy) is 2. The first-order valence-electron chi connectivity index (χ1n) is 22.1. The third-order valence-corrected chi connectivity index (χ3v) is 12.4. The highest BCUT2D eigenvalue weighted by molar-refractivity contribution is 5.91. The molecule has 0 bridgehead atoms. The topological polar surface area (TPSA) is 175 Å². The van der Waals surface area contributed by atoms with Crippen molar-refractivity contribution in [2.45, 2.75) is 68.8 Å². The molecule has 14 nitrogen and oxygen atoms in total. The summed E-state index contributed by atoms with van der Waals surface area (Å²) in [6.45, 7) is 1.66. The first-order chi connectivity index (χ1) is 31.8. The first-order valence-corrected chi connectivity index (χ1v) is 22.1. The van der Waals surface area contributed by atoms with E-state index >= 15 is 0 Å². The van der Waals surface area contributed by atoms with E-state index in [0.29, 0.717) is 43.3 Å². The molecule has 5 atom stereocenters. The minimum Gasteiger partial charge on any atom is -0.453 e. The fourth-order valence-electron chi connectivity index (χ4n) is 8.94. The fourth-order valence-corrected chi connectivity index (χ4v) is 8.94. The molecule has 6 aromatic rings. The van der Waals surface area contributed by atoms with Crippen LogP contribution in [0.2, 0.25) is 0 Å². The van der Waals surface area contributed by atoms with Crippen molar-refractivity contribution in [3.63, 3.8) is 0 Å². The van der Waals surface area contributed by atoms with Crippen molar-refractivity contribution in [1.29, 1.82) is 0 Å². The van der Waals surface area contributed by atoms with Crippen LogP contribution in [-0.2, 0) is 23.9 Å². The average molecular weight is 871 g/mol. The van der Waals surface area contributed by atoms with Crippen molar-refractivity contribution in [3.05, 3.63) is 155 Å². The van der Waals surface area contributed by atoms with Crippen LogP contribution in [0, 0.1) is 11.8 Å². The van der Waals surface area contributed by atoms with E-state index in [4.69, 9.17) is 14.5 Å². The zero-order chi connectivity index (χ0) is 44.7. The molecule has 9 rings (SSSR count). The number of amides is 4. The van der Waals surface area contributed by atoms with E-state index in [-0.39, 0.29) is 29.8 Å². The van der Waals surface area contributed by atoms with Gasteiger partial charge in [0.2, 0.25) is 11.8 Å². The molecule has 4 aromatic carbocycles. The van der Waals surface area contributed by atoms with Gasteiger partial charge in [0.05, 0.1) is 43.0 Å². The molecule has 3 fully saturated rings. The molecule has 5 heterocycles. The summed E-state index contributed by atoms with van der Waals surface area (Å²) >= 11 is 0. The van der Waals surface area contributed by atoms with Crippen LogP contribution in [-0.4, -0.2) is 86.5 Å². The number of methoxy groups -OCH3 is 1. The molecule has 2 aromatic heterocycles. The second-order valence-corrected chi connectivity index (χ2v) is 16.5. The number of likely N-dealkylation sites (tertiary alicyclic amines) is 2. The van der Waals surface area contributed by atoms with Crippen molar-refractivity contribution in [2.24, 2.45) is 0 Å². The summed E-state index contributed by atoms with van der Waals surface area (Å²) in [5.74, 6) is 7.28. The normalized spacial score (nSPS) is 18.9. The standard InChI is InChI=1S/C51H50N8O6/c1-64-51(63)57-45(38-13-6-3-7-14-38)50(62)59-29-9-16-42(59)47-53-32-40(55-47)36-26-22-34(23-27-36)19-18-33-20-24-35(25-21-33)39-31-52-46(54-39)41-15-8-28-58(41)49(61)44(37-11-4-2-5-12-37)56-48(60)43-17-10-30-65-43/h2-7,11-14,20-27,31-32,41-45H,8-10,15-17,28-30H2,1H3,(H,52,54)(H,53,55)(H,56,60)(H,57,63)/t41-,42-,43+,44+,45+/m0/s1. The molecule has 3 aliphatic rings. The molecule has 3 saturated heterocycles. The number of aromatic amines is 2. The second kappa shape index (κ2) is 19.5. The summed E-state index contributed by atoms with van der Waals surface area (Å²) in [5, 5.41) is 5.70. The number of nitrogens with zero attached hydrogens (tertiary/aromatic N) is 4. The van der Waals surface area contributed by atoms with Crippen LogP contribution in [0.15, 0.2) is 122 Å². The largest absolute Gasteiger partial charge is 0.453 e. The van der Waals surface area contributed by atoms with Crippen LogP contribution in [0.4, 0.5) is 4.79 Å². The second-order valence-electron chi connectivity index (χ2n) is 16.5. The summed E-state index contributed by atoms with van der Waals surface area (Å²) in [4.78, 5) is 73.4. The Morgan fingerprint density at radius 2 is 1.12 bits per heavy atom. The molecule has 0 radical (unpaired) electrons. The Hall–Kier alpha value is -7.50. The Morgan fingerprint density at radius 3 is 1.57 bits per heavy atom. The van der Waals surface area contributed by atoms with Gasteiger partial charge in [0.15, 0.2) is 0 Å². The van der Waals surface area contributed by atoms with Crippen LogP contribution in [0.25, 0.3) is 22.5 Å². The Labute approximate surface area is 377 Å². The lowest BCUT2D eigenvalue weighted by Crippen LogP contribution is -2.45. The summed E-state index contributed by atoms with van der Waals surface area (Å²) in [6.07, 6.45) is 6.97. The van der Waals surface area contributed by atoms with Gasteiger partial charge in [-0.2, -0.15) is 0 Å².